The molecule has 2 aromatic rings. The molecule has 4 nitrogen and oxygen atoms in total. The van der Waals surface area contributed by atoms with Gasteiger partial charge in [0.05, 0.1) is 7.11 Å². The van der Waals surface area contributed by atoms with Gasteiger partial charge in [0.15, 0.2) is 0 Å². The molecule has 2 heterocycles. The summed E-state index contributed by atoms with van der Waals surface area (Å²) in [6, 6.07) is 8.32. The predicted molar refractivity (Wildman–Crippen MR) is 87.4 cm³/mol. The molecule has 0 unspecified atom stereocenters. The van der Waals surface area contributed by atoms with Gasteiger partial charge in [-0.25, -0.2) is 4.98 Å². The number of para-hydroxylation sites is 1. The lowest BCUT2D eigenvalue weighted by molar-refractivity contribution is 0.360. The Morgan fingerprint density at radius 3 is 2.81 bits per heavy atom. The molecular formula is C17H23N3O. The average molecular weight is 285 g/mol. The summed E-state index contributed by atoms with van der Waals surface area (Å²) in [4.78, 5) is 9.65. The van der Waals surface area contributed by atoms with Crippen LogP contribution < -0.4 is 9.64 Å². The maximum Gasteiger partial charge on any atom is 0.145 e. The molecule has 1 saturated heterocycles. The highest BCUT2D eigenvalue weighted by atomic mass is 16.5. The van der Waals surface area contributed by atoms with Crippen LogP contribution in [-0.2, 0) is 0 Å². The van der Waals surface area contributed by atoms with Gasteiger partial charge in [0.25, 0.3) is 0 Å². The molecule has 3 rings (SSSR count). The monoisotopic (exact) mass is 285 g/mol. The second-order valence-corrected chi connectivity index (χ2v) is 5.80. The highest BCUT2D eigenvalue weighted by molar-refractivity contribution is 5.88. The van der Waals surface area contributed by atoms with Gasteiger partial charge in [-0.05, 0) is 44.6 Å². The molecule has 0 radical (unpaired) electrons. The van der Waals surface area contributed by atoms with Gasteiger partial charge in [-0.1, -0.05) is 12.1 Å². The number of aromatic nitrogens is 1. The van der Waals surface area contributed by atoms with Crippen LogP contribution in [0.4, 0.5) is 5.82 Å². The van der Waals surface area contributed by atoms with Gasteiger partial charge in [0, 0.05) is 25.0 Å². The molecule has 1 aliphatic heterocycles. The van der Waals surface area contributed by atoms with Crippen LogP contribution in [0.5, 0.6) is 5.75 Å². The minimum atomic E-state index is 0.851. The van der Waals surface area contributed by atoms with E-state index in [9.17, 15) is 0 Å². The van der Waals surface area contributed by atoms with Gasteiger partial charge >= 0.3 is 0 Å². The Labute approximate surface area is 126 Å². The van der Waals surface area contributed by atoms with E-state index in [2.05, 4.69) is 35.9 Å². The van der Waals surface area contributed by atoms with Crippen molar-refractivity contribution >= 4 is 16.7 Å². The standard InChI is InChI=1S/C17H23N3O/c1-13-12-16(20-9-5-8-19(2)10-11-20)18-17-14(13)6-4-7-15(17)21-3/h4,6-7,12H,5,8-11H2,1-3H3. The van der Waals surface area contributed by atoms with Crippen molar-refractivity contribution in [2.24, 2.45) is 0 Å². The fourth-order valence-corrected chi connectivity index (χ4v) is 2.98. The lowest BCUT2D eigenvalue weighted by Gasteiger charge is -2.23. The molecule has 0 N–H and O–H groups in total. The lowest BCUT2D eigenvalue weighted by Crippen LogP contribution is -2.29. The highest BCUT2D eigenvalue weighted by Crippen LogP contribution is 2.29. The van der Waals surface area contributed by atoms with Crippen LogP contribution in [0, 0.1) is 6.92 Å². The SMILES string of the molecule is COc1cccc2c(C)cc(N3CCCN(C)CC3)nc12. The number of anilines is 1. The third-order valence-corrected chi connectivity index (χ3v) is 4.26. The normalized spacial score (nSPS) is 17.0. The Balaban J connectivity index is 2.03. The number of nitrogens with zero attached hydrogens (tertiary/aromatic N) is 3. The van der Waals surface area contributed by atoms with Gasteiger partial charge in [0.1, 0.15) is 17.1 Å². The average Bonchev–Trinajstić information content (AvgIpc) is 2.71. The smallest absolute Gasteiger partial charge is 0.145 e. The fraction of sp³-hybridized carbons (Fsp3) is 0.471. The van der Waals surface area contributed by atoms with E-state index in [4.69, 9.17) is 9.72 Å². The fourth-order valence-electron chi connectivity index (χ4n) is 2.98. The first-order valence-corrected chi connectivity index (χ1v) is 7.57. The van der Waals surface area contributed by atoms with Crippen LogP contribution >= 0.6 is 0 Å². The first-order valence-electron chi connectivity index (χ1n) is 7.57. The van der Waals surface area contributed by atoms with E-state index < -0.39 is 0 Å². The number of hydrogen-bond donors (Lipinski definition) is 0. The first kappa shape index (κ1) is 14.1. The van der Waals surface area contributed by atoms with Gasteiger partial charge in [-0.2, -0.15) is 0 Å². The van der Waals surface area contributed by atoms with E-state index in [1.165, 1.54) is 17.4 Å². The number of likely N-dealkylation sites (N-methyl/N-ethyl adjacent to an activating group) is 1. The molecule has 21 heavy (non-hydrogen) atoms. The van der Waals surface area contributed by atoms with E-state index in [-0.39, 0.29) is 0 Å². The Morgan fingerprint density at radius 2 is 2.00 bits per heavy atom. The topological polar surface area (TPSA) is 28.6 Å². The van der Waals surface area contributed by atoms with Crippen LogP contribution in [0.1, 0.15) is 12.0 Å². The Bertz CT molecular complexity index is 641. The molecule has 1 aliphatic rings. The van der Waals surface area contributed by atoms with Crippen molar-refractivity contribution in [3.63, 3.8) is 0 Å². The number of pyridine rings is 1. The van der Waals surface area contributed by atoms with Gasteiger partial charge < -0.3 is 14.5 Å². The number of methoxy groups -OCH3 is 1. The summed E-state index contributed by atoms with van der Waals surface area (Å²) in [7, 11) is 3.89. The van der Waals surface area contributed by atoms with Crippen molar-refractivity contribution in [2.45, 2.75) is 13.3 Å². The van der Waals surface area contributed by atoms with Crippen molar-refractivity contribution in [3.05, 3.63) is 29.8 Å². The third kappa shape index (κ3) is 2.81. The third-order valence-electron chi connectivity index (χ3n) is 4.26. The summed E-state index contributed by atoms with van der Waals surface area (Å²) in [6.07, 6.45) is 1.18. The van der Waals surface area contributed by atoms with Crippen LogP contribution in [0.2, 0.25) is 0 Å². The number of aryl methyl sites for hydroxylation is 1. The molecule has 0 bridgehead atoms. The van der Waals surface area contributed by atoms with Gasteiger partial charge in [0.2, 0.25) is 0 Å². The maximum absolute atomic E-state index is 5.48. The summed E-state index contributed by atoms with van der Waals surface area (Å²) in [6.45, 7) is 6.50. The summed E-state index contributed by atoms with van der Waals surface area (Å²) in [5.41, 5.74) is 2.22. The van der Waals surface area contributed by atoms with Gasteiger partial charge in [-0.3, -0.25) is 0 Å². The lowest BCUT2D eigenvalue weighted by atomic mass is 10.1. The number of ether oxygens (including phenoxy) is 1. The van der Waals surface area contributed by atoms with E-state index in [1.807, 2.05) is 12.1 Å². The summed E-state index contributed by atoms with van der Waals surface area (Å²) in [5, 5.41) is 1.17. The maximum atomic E-state index is 5.48. The van der Waals surface area contributed by atoms with Crippen molar-refractivity contribution in [1.82, 2.24) is 9.88 Å². The minimum Gasteiger partial charge on any atom is -0.494 e. The van der Waals surface area contributed by atoms with Crippen molar-refractivity contribution < 1.29 is 4.74 Å². The Morgan fingerprint density at radius 1 is 1.14 bits per heavy atom. The molecule has 0 aliphatic carbocycles. The molecule has 0 amide bonds. The summed E-state index contributed by atoms with van der Waals surface area (Å²) < 4.78 is 5.48. The predicted octanol–water partition coefficient (Wildman–Crippen LogP) is 2.69. The van der Waals surface area contributed by atoms with E-state index in [0.29, 0.717) is 0 Å². The Hall–Kier alpha value is -1.81. The quantitative estimate of drug-likeness (QED) is 0.848. The van der Waals surface area contributed by atoms with Crippen LogP contribution in [0.3, 0.4) is 0 Å². The second-order valence-electron chi connectivity index (χ2n) is 5.80. The molecule has 4 heteroatoms. The molecule has 1 aromatic heterocycles. The number of rotatable bonds is 2. The summed E-state index contributed by atoms with van der Waals surface area (Å²) in [5.74, 6) is 1.92. The molecular weight excluding hydrogens is 262 g/mol. The Kier molecular flexibility index (Phi) is 3.97. The first-order chi connectivity index (χ1) is 10.2. The zero-order valence-corrected chi connectivity index (χ0v) is 13.1. The second kappa shape index (κ2) is 5.90. The van der Waals surface area contributed by atoms with Crippen molar-refractivity contribution in [1.29, 1.82) is 0 Å². The zero-order chi connectivity index (χ0) is 14.8. The molecule has 0 spiro atoms. The molecule has 1 fully saturated rings. The minimum absolute atomic E-state index is 0.851. The molecule has 112 valence electrons. The van der Waals surface area contributed by atoms with Gasteiger partial charge in [-0.15, -0.1) is 0 Å². The van der Waals surface area contributed by atoms with Crippen molar-refractivity contribution in [3.8, 4) is 5.75 Å². The number of hydrogen-bond acceptors (Lipinski definition) is 4. The van der Waals surface area contributed by atoms with E-state index in [0.717, 1.165) is 43.3 Å². The number of benzene rings is 1. The van der Waals surface area contributed by atoms with Crippen molar-refractivity contribution in [2.75, 3.05) is 45.2 Å². The number of fused-ring (bicyclic) bond motifs is 1. The molecule has 0 saturated carbocycles. The largest absolute Gasteiger partial charge is 0.494 e. The van der Waals surface area contributed by atoms with Crippen LogP contribution in [0.15, 0.2) is 24.3 Å². The summed E-state index contributed by atoms with van der Waals surface area (Å²) >= 11 is 0. The van der Waals surface area contributed by atoms with E-state index >= 15 is 0 Å². The van der Waals surface area contributed by atoms with Crippen LogP contribution in [0.25, 0.3) is 10.9 Å². The molecule has 0 atom stereocenters. The van der Waals surface area contributed by atoms with Crippen LogP contribution in [-0.4, -0.2) is 50.2 Å². The zero-order valence-electron chi connectivity index (χ0n) is 13.1. The van der Waals surface area contributed by atoms with E-state index in [1.54, 1.807) is 7.11 Å². The molecule has 1 aromatic carbocycles. The highest BCUT2D eigenvalue weighted by Gasteiger charge is 2.16.